The summed E-state index contributed by atoms with van der Waals surface area (Å²) in [4.78, 5) is 12.9. The Bertz CT molecular complexity index is 837. The number of carbonyl (C=O) groups excluding carboxylic acids is 1. The first-order valence-corrected chi connectivity index (χ1v) is 18.3. The average Bonchev–Trinajstić information content (AvgIpc) is 3.08. The van der Waals surface area contributed by atoms with Gasteiger partial charge in [0.2, 0.25) is 5.91 Å². The SMILES string of the molecule is CCCCCCCCCCC(=O)NC(COC1OC(CO)C(OC2OC(CO)C(O)C(O)C2O)C(O)C1O)C(O)CCCCCCCC. The molecule has 0 aromatic heterocycles. The van der Waals surface area contributed by atoms with Crippen molar-refractivity contribution in [1.29, 1.82) is 0 Å². The zero-order chi connectivity index (χ0) is 35.5. The predicted octanol–water partition coefficient (Wildman–Crippen LogP) is 0.754. The third kappa shape index (κ3) is 14.3. The Kier molecular flexibility index (Phi) is 21.8. The van der Waals surface area contributed by atoms with Crippen molar-refractivity contribution < 1.29 is 64.6 Å². The molecule has 0 aromatic rings. The van der Waals surface area contributed by atoms with E-state index in [0.717, 1.165) is 64.2 Å². The molecule has 0 aromatic carbocycles. The van der Waals surface area contributed by atoms with Crippen LogP contribution in [0.25, 0.3) is 0 Å². The number of nitrogens with one attached hydrogen (secondary N) is 1. The van der Waals surface area contributed by atoms with E-state index >= 15 is 0 Å². The molecule has 12 unspecified atom stereocenters. The zero-order valence-electron chi connectivity index (χ0n) is 29.0. The molecule has 0 spiro atoms. The minimum absolute atomic E-state index is 0.219. The summed E-state index contributed by atoms with van der Waals surface area (Å²) in [6.45, 7) is 2.68. The normalized spacial score (nSPS) is 32.2. The highest BCUT2D eigenvalue weighted by molar-refractivity contribution is 5.76. The zero-order valence-corrected chi connectivity index (χ0v) is 29.0. The van der Waals surface area contributed by atoms with Crippen molar-refractivity contribution in [2.75, 3.05) is 19.8 Å². The fourth-order valence-electron chi connectivity index (χ4n) is 6.17. The second kappa shape index (κ2) is 24.2. The molecule has 9 N–H and O–H groups in total. The molecule has 0 bridgehead atoms. The third-order valence-electron chi connectivity index (χ3n) is 9.32. The highest BCUT2D eigenvalue weighted by Crippen LogP contribution is 2.30. The molecule has 1 amide bonds. The van der Waals surface area contributed by atoms with E-state index < -0.39 is 86.8 Å². The summed E-state index contributed by atoms with van der Waals surface area (Å²) in [7, 11) is 0. The van der Waals surface area contributed by atoms with Gasteiger partial charge in [-0.15, -0.1) is 0 Å². The second-order valence-electron chi connectivity index (χ2n) is 13.4. The lowest BCUT2D eigenvalue weighted by Gasteiger charge is -2.46. The largest absolute Gasteiger partial charge is 0.394 e. The van der Waals surface area contributed by atoms with Gasteiger partial charge in [-0.1, -0.05) is 97.3 Å². The van der Waals surface area contributed by atoms with Gasteiger partial charge in [0.25, 0.3) is 0 Å². The van der Waals surface area contributed by atoms with E-state index in [1.165, 1.54) is 25.7 Å². The first kappa shape index (κ1) is 43.2. The predicted molar refractivity (Wildman–Crippen MR) is 176 cm³/mol. The van der Waals surface area contributed by atoms with Gasteiger partial charge in [0.05, 0.1) is 32.0 Å². The molecule has 14 heteroatoms. The van der Waals surface area contributed by atoms with E-state index in [1.54, 1.807) is 0 Å². The summed E-state index contributed by atoms with van der Waals surface area (Å²) in [6.07, 6.45) is -0.961. The summed E-state index contributed by atoms with van der Waals surface area (Å²) >= 11 is 0. The summed E-state index contributed by atoms with van der Waals surface area (Å²) < 4.78 is 22.4. The van der Waals surface area contributed by atoms with Crippen molar-refractivity contribution in [1.82, 2.24) is 5.32 Å². The first-order chi connectivity index (χ1) is 23.1. The maximum atomic E-state index is 12.9. The van der Waals surface area contributed by atoms with Crippen molar-refractivity contribution in [2.45, 2.75) is 190 Å². The van der Waals surface area contributed by atoms with E-state index in [2.05, 4.69) is 19.2 Å². The fraction of sp³-hybridized carbons (Fsp3) is 0.971. The van der Waals surface area contributed by atoms with Crippen LogP contribution >= 0.6 is 0 Å². The number of amides is 1. The van der Waals surface area contributed by atoms with E-state index in [9.17, 15) is 45.6 Å². The van der Waals surface area contributed by atoms with Crippen LogP contribution in [0.4, 0.5) is 0 Å². The van der Waals surface area contributed by atoms with E-state index in [4.69, 9.17) is 18.9 Å². The number of carbonyl (C=O) groups is 1. The average molecular weight is 696 g/mol. The lowest BCUT2D eigenvalue weighted by atomic mass is 9.97. The second-order valence-corrected chi connectivity index (χ2v) is 13.4. The van der Waals surface area contributed by atoms with Crippen molar-refractivity contribution in [3.63, 3.8) is 0 Å². The third-order valence-corrected chi connectivity index (χ3v) is 9.32. The number of unbranched alkanes of at least 4 members (excludes halogenated alkanes) is 12. The molecular formula is C34H65NO13. The molecule has 12 atom stereocenters. The molecule has 14 nitrogen and oxygen atoms in total. The number of aliphatic hydroxyl groups is 8. The van der Waals surface area contributed by atoms with Crippen LogP contribution in [0, 0.1) is 0 Å². The Hall–Kier alpha value is -1.01. The van der Waals surface area contributed by atoms with Crippen LogP contribution in [0.5, 0.6) is 0 Å². The van der Waals surface area contributed by atoms with Crippen LogP contribution in [-0.2, 0) is 23.7 Å². The summed E-state index contributed by atoms with van der Waals surface area (Å²) in [6, 6.07) is -0.814. The van der Waals surface area contributed by atoms with Gasteiger partial charge in [0.15, 0.2) is 12.6 Å². The lowest BCUT2D eigenvalue weighted by molar-refractivity contribution is -0.359. The standard InChI is InChI=1S/C34H65NO13/c1-3-5-7-9-11-12-14-16-18-26(39)35-22(23(38)17-15-13-10-8-6-4-2)21-45-33-31(44)29(42)32(25(20-37)47-33)48-34-30(43)28(41)27(40)24(19-36)46-34/h22-25,27-34,36-38,40-44H,3-21H2,1-2H3,(H,35,39). The van der Waals surface area contributed by atoms with Crippen LogP contribution in [0.3, 0.4) is 0 Å². The number of hydrogen-bond donors (Lipinski definition) is 9. The fourth-order valence-corrected chi connectivity index (χ4v) is 6.17. The van der Waals surface area contributed by atoms with E-state index in [-0.39, 0.29) is 12.5 Å². The maximum absolute atomic E-state index is 12.9. The van der Waals surface area contributed by atoms with Gasteiger partial charge in [0, 0.05) is 6.42 Å². The summed E-state index contributed by atoms with van der Waals surface area (Å²) in [5, 5.41) is 85.7. The van der Waals surface area contributed by atoms with Gasteiger partial charge in [0.1, 0.15) is 48.8 Å². The maximum Gasteiger partial charge on any atom is 0.220 e. The van der Waals surface area contributed by atoms with Gasteiger partial charge < -0.3 is 65.1 Å². The highest BCUT2D eigenvalue weighted by Gasteiger charge is 2.50. The number of rotatable bonds is 25. The molecule has 0 radical (unpaired) electrons. The minimum Gasteiger partial charge on any atom is -0.394 e. The first-order valence-electron chi connectivity index (χ1n) is 18.3. The molecule has 2 saturated heterocycles. The number of aliphatic hydroxyl groups excluding tert-OH is 8. The van der Waals surface area contributed by atoms with Crippen LogP contribution in [0.1, 0.15) is 117 Å². The molecular weight excluding hydrogens is 630 g/mol. The van der Waals surface area contributed by atoms with Gasteiger partial charge in [-0.25, -0.2) is 0 Å². The molecule has 2 aliphatic rings. The topological polar surface area (TPSA) is 228 Å². The minimum atomic E-state index is -1.77. The molecule has 48 heavy (non-hydrogen) atoms. The molecule has 284 valence electrons. The Labute approximate surface area is 285 Å². The Morgan fingerprint density at radius 3 is 1.77 bits per heavy atom. The molecule has 0 saturated carbocycles. The quantitative estimate of drug-likeness (QED) is 0.0602. The van der Waals surface area contributed by atoms with E-state index in [1.807, 2.05) is 0 Å². The molecule has 2 fully saturated rings. The number of ether oxygens (including phenoxy) is 4. The van der Waals surface area contributed by atoms with Crippen molar-refractivity contribution in [3.8, 4) is 0 Å². The summed E-state index contributed by atoms with van der Waals surface area (Å²) in [5.41, 5.74) is 0. The molecule has 0 aliphatic carbocycles. The van der Waals surface area contributed by atoms with Crippen molar-refractivity contribution in [2.24, 2.45) is 0 Å². The van der Waals surface area contributed by atoms with Crippen LogP contribution in [-0.4, -0.2) is 140 Å². The van der Waals surface area contributed by atoms with Crippen LogP contribution < -0.4 is 5.32 Å². The van der Waals surface area contributed by atoms with Crippen molar-refractivity contribution >= 4 is 5.91 Å². The van der Waals surface area contributed by atoms with Crippen LogP contribution in [0.15, 0.2) is 0 Å². The smallest absolute Gasteiger partial charge is 0.220 e. The Morgan fingerprint density at radius 1 is 0.667 bits per heavy atom. The highest BCUT2D eigenvalue weighted by atomic mass is 16.7. The van der Waals surface area contributed by atoms with Gasteiger partial charge in [-0.05, 0) is 12.8 Å². The Morgan fingerprint density at radius 2 is 1.19 bits per heavy atom. The molecule has 2 heterocycles. The van der Waals surface area contributed by atoms with Crippen LogP contribution in [0.2, 0.25) is 0 Å². The van der Waals surface area contributed by atoms with E-state index in [0.29, 0.717) is 12.8 Å². The van der Waals surface area contributed by atoms with Crippen molar-refractivity contribution in [3.05, 3.63) is 0 Å². The molecule has 2 aliphatic heterocycles. The van der Waals surface area contributed by atoms with Gasteiger partial charge in [-0.2, -0.15) is 0 Å². The summed E-state index contributed by atoms with van der Waals surface area (Å²) in [5.74, 6) is -0.219. The Balaban J connectivity index is 1.97. The number of hydrogen-bond acceptors (Lipinski definition) is 13. The lowest BCUT2D eigenvalue weighted by Crippen LogP contribution is -2.65. The van der Waals surface area contributed by atoms with Gasteiger partial charge >= 0.3 is 0 Å². The van der Waals surface area contributed by atoms with Gasteiger partial charge in [-0.3, -0.25) is 4.79 Å². The molecule has 2 rings (SSSR count). The monoisotopic (exact) mass is 695 g/mol.